The van der Waals surface area contributed by atoms with E-state index in [0.29, 0.717) is 24.7 Å². The van der Waals surface area contributed by atoms with E-state index >= 15 is 0 Å². The van der Waals surface area contributed by atoms with Crippen LogP contribution < -0.4 is 9.47 Å². The first-order valence-corrected chi connectivity index (χ1v) is 7.72. The molecule has 0 amide bonds. The van der Waals surface area contributed by atoms with Gasteiger partial charge in [-0.15, -0.1) is 0 Å². The maximum Gasteiger partial charge on any atom is 0.307 e. The van der Waals surface area contributed by atoms with Gasteiger partial charge in [0, 0.05) is 4.47 Å². The van der Waals surface area contributed by atoms with E-state index in [9.17, 15) is 4.79 Å². The Morgan fingerprint density at radius 2 is 1.73 bits per heavy atom. The van der Waals surface area contributed by atoms with Gasteiger partial charge in [0.25, 0.3) is 0 Å². The van der Waals surface area contributed by atoms with E-state index in [2.05, 4.69) is 15.9 Å². The molecular weight excluding hydrogens is 348 g/mol. The van der Waals surface area contributed by atoms with Crippen LogP contribution in [0, 0.1) is 0 Å². The summed E-state index contributed by atoms with van der Waals surface area (Å²) in [7, 11) is 0. The van der Waals surface area contributed by atoms with Crippen LogP contribution in [0.5, 0.6) is 11.5 Å². The summed E-state index contributed by atoms with van der Waals surface area (Å²) < 4.78 is 12.3. The molecule has 2 aromatic carbocycles. The molecule has 4 nitrogen and oxygen atoms in total. The molecule has 0 aliphatic carbocycles. The first kappa shape index (κ1) is 16.4. The second-order valence-electron chi connectivity index (χ2n) is 4.70. The van der Waals surface area contributed by atoms with Crippen molar-refractivity contribution in [2.24, 2.45) is 0 Å². The highest BCUT2D eigenvalue weighted by Gasteiger charge is 2.06. The second-order valence-corrected chi connectivity index (χ2v) is 5.62. The van der Waals surface area contributed by atoms with Crippen LogP contribution in [0.2, 0.25) is 0 Å². The summed E-state index contributed by atoms with van der Waals surface area (Å²) >= 11 is 3.41. The summed E-state index contributed by atoms with van der Waals surface area (Å²) in [6, 6.07) is 13.0. The van der Waals surface area contributed by atoms with E-state index < -0.39 is 5.97 Å². The molecule has 0 unspecified atom stereocenters. The molecular formula is C17H17BrO4. The predicted octanol–water partition coefficient (Wildman–Crippen LogP) is 4.05. The van der Waals surface area contributed by atoms with Gasteiger partial charge < -0.3 is 14.6 Å². The Morgan fingerprint density at radius 3 is 2.36 bits per heavy atom. The lowest BCUT2D eigenvalue weighted by molar-refractivity contribution is -0.136. The van der Waals surface area contributed by atoms with Crippen molar-refractivity contribution < 1.29 is 19.4 Å². The molecule has 0 saturated carbocycles. The van der Waals surface area contributed by atoms with Crippen LogP contribution in [0.4, 0.5) is 0 Å². The summed E-state index contributed by atoms with van der Waals surface area (Å²) in [5.41, 5.74) is 1.74. The normalized spacial score (nSPS) is 10.3. The van der Waals surface area contributed by atoms with Crippen LogP contribution in [-0.4, -0.2) is 17.7 Å². The number of benzene rings is 2. The van der Waals surface area contributed by atoms with Crippen molar-refractivity contribution in [2.45, 2.75) is 20.0 Å². The Kier molecular flexibility index (Phi) is 5.83. The van der Waals surface area contributed by atoms with Crippen molar-refractivity contribution in [3.05, 3.63) is 58.1 Å². The molecule has 116 valence electrons. The summed E-state index contributed by atoms with van der Waals surface area (Å²) in [4.78, 5) is 10.6. The number of hydrogen-bond acceptors (Lipinski definition) is 3. The highest BCUT2D eigenvalue weighted by molar-refractivity contribution is 9.10. The van der Waals surface area contributed by atoms with Crippen LogP contribution in [0.3, 0.4) is 0 Å². The molecule has 22 heavy (non-hydrogen) atoms. The number of aliphatic carboxylic acids is 1. The Balaban J connectivity index is 2.02. The lowest BCUT2D eigenvalue weighted by Gasteiger charge is -2.12. The van der Waals surface area contributed by atoms with Gasteiger partial charge >= 0.3 is 5.97 Å². The van der Waals surface area contributed by atoms with Crippen molar-refractivity contribution in [2.75, 3.05) is 6.61 Å². The fourth-order valence-corrected chi connectivity index (χ4v) is 2.30. The number of rotatable bonds is 7. The highest BCUT2D eigenvalue weighted by atomic mass is 79.9. The van der Waals surface area contributed by atoms with Gasteiger partial charge in [-0.3, -0.25) is 4.79 Å². The van der Waals surface area contributed by atoms with Crippen LogP contribution >= 0.6 is 15.9 Å². The van der Waals surface area contributed by atoms with E-state index in [-0.39, 0.29) is 6.42 Å². The van der Waals surface area contributed by atoms with E-state index in [4.69, 9.17) is 14.6 Å². The van der Waals surface area contributed by atoms with Gasteiger partial charge in [-0.25, -0.2) is 0 Å². The molecule has 0 saturated heterocycles. The molecule has 0 radical (unpaired) electrons. The van der Waals surface area contributed by atoms with E-state index in [1.807, 2.05) is 37.3 Å². The van der Waals surface area contributed by atoms with Crippen LogP contribution in [0.1, 0.15) is 18.1 Å². The number of carboxylic acid groups (broad SMARTS) is 1. The maximum atomic E-state index is 10.6. The monoisotopic (exact) mass is 364 g/mol. The first-order chi connectivity index (χ1) is 10.6. The molecule has 0 spiro atoms. The summed E-state index contributed by atoms with van der Waals surface area (Å²) in [6.07, 6.45) is 0.0301. The third-order valence-corrected chi connectivity index (χ3v) is 3.47. The molecule has 0 atom stereocenters. The largest absolute Gasteiger partial charge is 0.490 e. The minimum absolute atomic E-state index is 0.0301. The van der Waals surface area contributed by atoms with Crippen molar-refractivity contribution in [1.29, 1.82) is 0 Å². The number of ether oxygens (including phenoxy) is 2. The van der Waals surface area contributed by atoms with Crippen molar-refractivity contribution in [1.82, 2.24) is 0 Å². The molecule has 1 N–H and O–H groups in total. The number of halogens is 1. The second kappa shape index (κ2) is 7.84. The maximum absolute atomic E-state index is 10.6. The minimum atomic E-state index is -0.833. The van der Waals surface area contributed by atoms with Crippen LogP contribution in [-0.2, 0) is 17.8 Å². The number of hydrogen-bond donors (Lipinski definition) is 1. The third-order valence-electron chi connectivity index (χ3n) is 2.98. The standard InChI is InChI=1S/C17H17BrO4/c1-2-21-16-10-14(18)7-8-15(16)22-11-13-5-3-12(4-6-13)9-17(19)20/h3-8,10H,2,9,11H2,1H3,(H,19,20). The summed E-state index contributed by atoms with van der Waals surface area (Å²) in [5, 5.41) is 8.75. The molecule has 5 heteroatoms. The zero-order valence-electron chi connectivity index (χ0n) is 12.2. The fraction of sp³-hybridized carbons (Fsp3) is 0.235. The zero-order chi connectivity index (χ0) is 15.9. The van der Waals surface area contributed by atoms with Gasteiger partial charge in [0.15, 0.2) is 11.5 Å². The Morgan fingerprint density at radius 1 is 1.05 bits per heavy atom. The molecule has 0 aliphatic rings. The lowest BCUT2D eigenvalue weighted by Crippen LogP contribution is -2.01. The molecule has 0 heterocycles. The zero-order valence-corrected chi connectivity index (χ0v) is 13.8. The quantitative estimate of drug-likeness (QED) is 0.804. The van der Waals surface area contributed by atoms with E-state index in [1.54, 1.807) is 12.1 Å². The number of carbonyl (C=O) groups is 1. The highest BCUT2D eigenvalue weighted by Crippen LogP contribution is 2.31. The topological polar surface area (TPSA) is 55.8 Å². The van der Waals surface area contributed by atoms with Crippen molar-refractivity contribution in [3.8, 4) is 11.5 Å². The van der Waals surface area contributed by atoms with Gasteiger partial charge in [0.05, 0.1) is 13.0 Å². The molecule has 0 aliphatic heterocycles. The minimum Gasteiger partial charge on any atom is -0.490 e. The van der Waals surface area contributed by atoms with Gasteiger partial charge in [0.1, 0.15) is 6.61 Å². The Hall–Kier alpha value is -2.01. The van der Waals surface area contributed by atoms with Crippen LogP contribution in [0.25, 0.3) is 0 Å². The van der Waals surface area contributed by atoms with Crippen molar-refractivity contribution in [3.63, 3.8) is 0 Å². The average Bonchev–Trinajstić information content (AvgIpc) is 2.48. The molecule has 0 fully saturated rings. The Labute approximate surface area is 137 Å². The van der Waals surface area contributed by atoms with E-state index in [0.717, 1.165) is 15.6 Å². The molecule has 0 bridgehead atoms. The Bertz CT molecular complexity index is 638. The van der Waals surface area contributed by atoms with Gasteiger partial charge in [-0.1, -0.05) is 40.2 Å². The smallest absolute Gasteiger partial charge is 0.307 e. The SMILES string of the molecule is CCOc1cc(Br)ccc1OCc1ccc(CC(=O)O)cc1. The van der Waals surface area contributed by atoms with Crippen molar-refractivity contribution >= 4 is 21.9 Å². The van der Waals surface area contributed by atoms with Crippen LogP contribution in [0.15, 0.2) is 46.9 Å². The fourth-order valence-electron chi connectivity index (χ4n) is 1.96. The molecule has 0 aromatic heterocycles. The number of carboxylic acids is 1. The summed E-state index contributed by atoms with van der Waals surface area (Å²) in [5.74, 6) is 0.541. The molecule has 2 aromatic rings. The van der Waals surface area contributed by atoms with Gasteiger partial charge in [0.2, 0.25) is 0 Å². The summed E-state index contributed by atoms with van der Waals surface area (Å²) in [6.45, 7) is 2.89. The van der Waals surface area contributed by atoms with E-state index in [1.165, 1.54) is 0 Å². The third kappa shape index (κ3) is 4.77. The lowest BCUT2D eigenvalue weighted by atomic mass is 10.1. The van der Waals surface area contributed by atoms with Gasteiger partial charge in [-0.05, 0) is 36.2 Å². The first-order valence-electron chi connectivity index (χ1n) is 6.93. The molecule has 2 rings (SSSR count). The van der Waals surface area contributed by atoms with Gasteiger partial charge in [-0.2, -0.15) is 0 Å². The average molecular weight is 365 g/mol. The predicted molar refractivity (Wildman–Crippen MR) is 87.4 cm³/mol.